The van der Waals surface area contributed by atoms with Gasteiger partial charge in [-0.2, -0.15) is 10.4 Å². The molecule has 4 heteroatoms. The number of aryl methyl sites for hydroxylation is 1. The zero-order valence-electron chi connectivity index (χ0n) is 12.9. The second kappa shape index (κ2) is 7.05. The molecule has 4 nitrogen and oxygen atoms in total. The first kappa shape index (κ1) is 15.3. The monoisotopic (exact) mass is 282 g/mol. The molecule has 0 saturated carbocycles. The van der Waals surface area contributed by atoms with Crippen molar-refractivity contribution in [3.8, 4) is 11.8 Å². The van der Waals surface area contributed by atoms with Crippen molar-refractivity contribution < 1.29 is 0 Å². The maximum Gasteiger partial charge on any atom is 0.0648 e. The maximum absolute atomic E-state index is 8.82. The van der Waals surface area contributed by atoms with Crippen LogP contribution in [0.5, 0.6) is 0 Å². The topological polar surface area (TPSA) is 53.6 Å². The molecule has 1 aromatic heterocycles. The molecule has 0 aliphatic rings. The number of nitrogens with one attached hydrogen (secondary N) is 1. The van der Waals surface area contributed by atoms with Gasteiger partial charge in [0, 0.05) is 23.8 Å². The van der Waals surface area contributed by atoms with Gasteiger partial charge < -0.3 is 5.32 Å². The van der Waals surface area contributed by atoms with Gasteiger partial charge in [0.15, 0.2) is 0 Å². The molecule has 1 N–H and O–H groups in total. The quantitative estimate of drug-likeness (QED) is 0.884. The Bertz CT molecular complexity index is 622. The van der Waals surface area contributed by atoms with Crippen molar-refractivity contribution in [2.45, 2.75) is 46.2 Å². The molecule has 1 atom stereocenters. The van der Waals surface area contributed by atoms with Crippen molar-refractivity contribution in [1.29, 1.82) is 5.26 Å². The summed E-state index contributed by atoms with van der Waals surface area (Å²) in [6.07, 6.45) is 1.50. The lowest BCUT2D eigenvalue weighted by molar-refractivity contribution is 0.503. The smallest absolute Gasteiger partial charge is 0.0648 e. The van der Waals surface area contributed by atoms with E-state index in [1.807, 2.05) is 29.8 Å². The number of hydrogen-bond acceptors (Lipinski definition) is 3. The number of para-hydroxylation sites is 1. The second-order valence-electron chi connectivity index (χ2n) is 5.25. The molecule has 0 bridgehead atoms. The van der Waals surface area contributed by atoms with E-state index in [2.05, 4.69) is 42.5 Å². The zero-order chi connectivity index (χ0) is 15.2. The van der Waals surface area contributed by atoms with Gasteiger partial charge in [-0.05, 0) is 32.4 Å². The Morgan fingerprint density at radius 1 is 1.29 bits per heavy atom. The van der Waals surface area contributed by atoms with Gasteiger partial charge in [-0.25, -0.2) is 4.68 Å². The third kappa shape index (κ3) is 3.50. The lowest BCUT2D eigenvalue weighted by atomic mass is 10.1. The molecule has 0 spiro atoms. The van der Waals surface area contributed by atoms with Gasteiger partial charge in [0.25, 0.3) is 0 Å². The second-order valence-corrected chi connectivity index (χ2v) is 5.25. The van der Waals surface area contributed by atoms with E-state index in [1.54, 1.807) is 0 Å². The molecule has 2 aromatic rings. The Labute approximate surface area is 126 Å². The van der Waals surface area contributed by atoms with Gasteiger partial charge in [-0.1, -0.05) is 25.1 Å². The van der Waals surface area contributed by atoms with E-state index in [0.29, 0.717) is 6.42 Å². The number of nitriles is 1. The van der Waals surface area contributed by atoms with Crippen LogP contribution in [0.1, 0.15) is 36.7 Å². The van der Waals surface area contributed by atoms with Gasteiger partial charge in [-0.3, -0.25) is 0 Å². The predicted molar refractivity (Wildman–Crippen MR) is 84.2 cm³/mol. The lowest BCUT2D eigenvalue weighted by Crippen LogP contribution is -2.27. The maximum atomic E-state index is 8.82. The van der Waals surface area contributed by atoms with Crippen molar-refractivity contribution >= 4 is 0 Å². The third-order valence-electron chi connectivity index (χ3n) is 3.84. The molecular formula is C17H22N4. The normalized spacial score (nSPS) is 12.1. The van der Waals surface area contributed by atoms with Crippen LogP contribution in [0.15, 0.2) is 30.3 Å². The molecule has 0 amide bonds. The van der Waals surface area contributed by atoms with Crippen LogP contribution in [0.2, 0.25) is 0 Å². The highest BCUT2D eigenvalue weighted by Crippen LogP contribution is 2.18. The van der Waals surface area contributed by atoms with Gasteiger partial charge in [0.05, 0.1) is 23.9 Å². The molecule has 1 aromatic carbocycles. The average Bonchev–Trinajstić information content (AvgIpc) is 2.79. The molecule has 0 aliphatic carbocycles. The van der Waals surface area contributed by atoms with Crippen LogP contribution < -0.4 is 5.32 Å². The minimum atomic E-state index is 0.244. The predicted octanol–water partition coefficient (Wildman–Crippen LogP) is 3.27. The molecule has 1 unspecified atom stereocenters. The van der Waals surface area contributed by atoms with Crippen LogP contribution in [0.4, 0.5) is 0 Å². The Hall–Kier alpha value is -2.12. The molecule has 0 aliphatic heterocycles. The molecule has 2 rings (SSSR count). The van der Waals surface area contributed by atoms with Crippen LogP contribution in [0, 0.1) is 25.2 Å². The number of rotatable bonds is 6. The van der Waals surface area contributed by atoms with Crippen LogP contribution in [0.25, 0.3) is 5.69 Å². The third-order valence-corrected chi connectivity index (χ3v) is 3.84. The highest BCUT2D eigenvalue weighted by atomic mass is 15.3. The molecule has 0 fully saturated rings. The number of benzene rings is 1. The van der Waals surface area contributed by atoms with Crippen LogP contribution >= 0.6 is 0 Å². The van der Waals surface area contributed by atoms with E-state index in [-0.39, 0.29) is 6.04 Å². The van der Waals surface area contributed by atoms with Gasteiger partial charge in [0.2, 0.25) is 0 Å². The molecule has 0 radical (unpaired) electrons. The first-order chi connectivity index (χ1) is 10.2. The standard InChI is InChI=1S/C17H22N4/c1-4-15(10-11-18)19-12-17-13(2)20-21(14(17)3)16-8-6-5-7-9-16/h5-9,15,19H,4,10,12H2,1-3H3. The van der Waals surface area contributed by atoms with Gasteiger partial charge in [0.1, 0.15) is 0 Å². The summed E-state index contributed by atoms with van der Waals surface area (Å²) in [7, 11) is 0. The van der Waals surface area contributed by atoms with Crippen LogP contribution in [-0.2, 0) is 6.54 Å². The molecule has 1 heterocycles. The summed E-state index contributed by atoms with van der Waals surface area (Å²) in [5, 5.41) is 16.9. The number of hydrogen-bond donors (Lipinski definition) is 1. The summed E-state index contributed by atoms with van der Waals surface area (Å²) < 4.78 is 1.98. The summed E-state index contributed by atoms with van der Waals surface area (Å²) in [6.45, 7) is 6.98. The SMILES string of the molecule is CCC(CC#N)NCc1c(C)nn(-c2ccccc2)c1C. The van der Waals surface area contributed by atoms with Crippen molar-refractivity contribution in [1.82, 2.24) is 15.1 Å². The number of aromatic nitrogens is 2. The summed E-state index contributed by atoms with van der Waals surface area (Å²) in [6, 6.07) is 12.6. The van der Waals surface area contributed by atoms with Crippen molar-refractivity contribution in [3.63, 3.8) is 0 Å². The fourth-order valence-corrected chi connectivity index (χ4v) is 2.47. The molecule has 0 saturated heterocycles. The van der Waals surface area contributed by atoms with Crippen LogP contribution in [0.3, 0.4) is 0 Å². The Morgan fingerprint density at radius 3 is 2.62 bits per heavy atom. The fraction of sp³-hybridized carbons (Fsp3) is 0.412. The molecular weight excluding hydrogens is 260 g/mol. The minimum absolute atomic E-state index is 0.244. The van der Waals surface area contributed by atoms with Crippen molar-refractivity contribution in [2.24, 2.45) is 0 Å². The summed E-state index contributed by atoms with van der Waals surface area (Å²) in [4.78, 5) is 0. The largest absolute Gasteiger partial charge is 0.309 e. The lowest BCUT2D eigenvalue weighted by Gasteiger charge is -2.13. The van der Waals surface area contributed by atoms with Gasteiger partial charge >= 0.3 is 0 Å². The van der Waals surface area contributed by atoms with E-state index in [1.165, 1.54) is 5.56 Å². The van der Waals surface area contributed by atoms with E-state index in [0.717, 1.165) is 30.0 Å². The Balaban J connectivity index is 2.19. The average molecular weight is 282 g/mol. The van der Waals surface area contributed by atoms with Crippen molar-refractivity contribution in [2.75, 3.05) is 0 Å². The first-order valence-corrected chi connectivity index (χ1v) is 7.38. The first-order valence-electron chi connectivity index (χ1n) is 7.38. The number of nitrogens with zero attached hydrogens (tertiary/aromatic N) is 3. The van der Waals surface area contributed by atoms with E-state index in [4.69, 9.17) is 5.26 Å². The molecule has 110 valence electrons. The molecule has 21 heavy (non-hydrogen) atoms. The van der Waals surface area contributed by atoms with Crippen LogP contribution in [-0.4, -0.2) is 15.8 Å². The highest BCUT2D eigenvalue weighted by Gasteiger charge is 2.14. The zero-order valence-corrected chi connectivity index (χ0v) is 12.9. The fourth-order valence-electron chi connectivity index (χ4n) is 2.47. The minimum Gasteiger partial charge on any atom is -0.309 e. The van der Waals surface area contributed by atoms with E-state index < -0.39 is 0 Å². The Morgan fingerprint density at radius 2 is 2.00 bits per heavy atom. The highest BCUT2D eigenvalue weighted by molar-refractivity contribution is 5.36. The van der Waals surface area contributed by atoms with E-state index >= 15 is 0 Å². The van der Waals surface area contributed by atoms with Crippen molar-refractivity contribution in [3.05, 3.63) is 47.3 Å². The summed E-state index contributed by atoms with van der Waals surface area (Å²) in [5.41, 5.74) is 4.48. The summed E-state index contributed by atoms with van der Waals surface area (Å²) >= 11 is 0. The van der Waals surface area contributed by atoms with E-state index in [9.17, 15) is 0 Å². The van der Waals surface area contributed by atoms with Gasteiger partial charge in [-0.15, -0.1) is 0 Å². The summed E-state index contributed by atoms with van der Waals surface area (Å²) in [5.74, 6) is 0. The Kier molecular flexibility index (Phi) is 5.13.